The lowest BCUT2D eigenvalue weighted by molar-refractivity contribution is 0.467. The molecule has 0 saturated carbocycles. The number of ether oxygens (including phenoxy) is 1. The molecule has 0 aliphatic carbocycles. The Bertz CT molecular complexity index is 483. The van der Waals surface area contributed by atoms with E-state index in [2.05, 4.69) is 35.2 Å². The van der Waals surface area contributed by atoms with Gasteiger partial charge < -0.3 is 4.74 Å². The number of aryl methyl sites for hydroxylation is 1. The minimum Gasteiger partial charge on any atom is -0.426 e. The zero-order chi connectivity index (χ0) is 11.8. The second-order valence-corrected chi connectivity index (χ2v) is 5.30. The summed E-state index contributed by atoms with van der Waals surface area (Å²) in [4.78, 5) is 4.33. The van der Waals surface area contributed by atoms with Crippen LogP contribution in [0, 0.1) is 0 Å². The fraction of sp³-hybridized carbons (Fsp3) is 0.500. The Kier molecular flexibility index (Phi) is 2.67. The van der Waals surface area contributed by atoms with E-state index in [-0.39, 0.29) is 5.41 Å². The van der Waals surface area contributed by atoms with Crippen LogP contribution in [0.5, 0.6) is 10.9 Å². The largest absolute Gasteiger partial charge is 0.426 e. The number of hydrogen-bond donors (Lipinski definition) is 0. The maximum atomic E-state index is 5.54. The van der Waals surface area contributed by atoms with Crippen molar-refractivity contribution in [3.05, 3.63) is 18.2 Å². The van der Waals surface area contributed by atoms with Crippen molar-refractivity contribution in [2.45, 2.75) is 26.2 Å². The summed E-state index contributed by atoms with van der Waals surface area (Å²) in [7, 11) is 1.84. The lowest BCUT2D eigenvalue weighted by Gasteiger charge is -2.11. The molecule has 0 bridgehead atoms. The number of rotatable bonds is 2. The topological polar surface area (TPSA) is 52.8 Å². The van der Waals surface area contributed by atoms with E-state index in [0.717, 1.165) is 5.82 Å². The van der Waals surface area contributed by atoms with Gasteiger partial charge in [0.15, 0.2) is 11.6 Å². The summed E-state index contributed by atoms with van der Waals surface area (Å²) in [6.45, 7) is 6.22. The highest BCUT2D eigenvalue weighted by molar-refractivity contribution is 7.07. The summed E-state index contributed by atoms with van der Waals surface area (Å²) in [5.74, 6) is 1.48. The van der Waals surface area contributed by atoms with Gasteiger partial charge in [0.1, 0.15) is 0 Å². The normalized spacial score (nSPS) is 11.8. The molecule has 0 aromatic carbocycles. The van der Waals surface area contributed by atoms with E-state index >= 15 is 0 Å². The van der Waals surface area contributed by atoms with Gasteiger partial charge in [0.05, 0.1) is 12.4 Å². The molecule has 2 heterocycles. The van der Waals surface area contributed by atoms with Crippen molar-refractivity contribution in [1.82, 2.24) is 19.1 Å². The van der Waals surface area contributed by atoms with E-state index in [1.807, 2.05) is 7.05 Å². The van der Waals surface area contributed by atoms with Crippen molar-refractivity contribution in [1.29, 1.82) is 0 Å². The predicted molar refractivity (Wildman–Crippen MR) is 61.9 cm³/mol. The fourth-order valence-electron chi connectivity index (χ4n) is 1.11. The van der Waals surface area contributed by atoms with Gasteiger partial charge in [0.25, 0.3) is 5.19 Å². The fourth-order valence-corrected chi connectivity index (χ4v) is 1.85. The molecule has 5 nitrogen and oxygen atoms in total. The Morgan fingerprint density at radius 2 is 2.12 bits per heavy atom. The van der Waals surface area contributed by atoms with Gasteiger partial charge in [0.2, 0.25) is 0 Å². The Balaban J connectivity index is 2.14. The molecule has 0 spiro atoms. The minimum absolute atomic E-state index is 0.0486. The maximum Gasteiger partial charge on any atom is 0.298 e. The molecular formula is C10H14N4OS. The second-order valence-electron chi connectivity index (χ2n) is 4.59. The molecule has 0 saturated heterocycles. The SMILES string of the molecule is Cn1cc(Oc2nc(C(C)(C)C)ns2)cn1. The Morgan fingerprint density at radius 1 is 1.38 bits per heavy atom. The summed E-state index contributed by atoms with van der Waals surface area (Å²) in [6, 6.07) is 0. The van der Waals surface area contributed by atoms with Crippen LogP contribution < -0.4 is 4.74 Å². The molecule has 0 N–H and O–H groups in total. The lowest BCUT2D eigenvalue weighted by atomic mass is 9.96. The Hall–Kier alpha value is -1.43. The van der Waals surface area contributed by atoms with Gasteiger partial charge in [-0.1, -0.05) is 20.8 Å². The maximum absolute atomic E-state index is 5.54. The Labute approximate surface area is 98.3 Å². The van der Waals surface area contributed by atoms with Crippen molar-refractivity contribution in [2.24, 2.45) is 7.05 Å². The van der Waals surface area contributed by atoms with E-state index in [0.29, 0.717) is 10.9 Å². The highest BCUT2D eigenvalue weighted by atomic mass is 32.1. The van der Waals surface area contributed by atoms with Gasteiger partial charge in [-0.3, -0.25) is 4.68 Å². The van der Waals surface area contributed by atoms with Crippen LogP contribution in [-0.2, 0) is 12.5 Å². The first-order valence-electron chi connectivity index (χ1n) is 4.96. The third-order valence-electron chi connectivity index (χ3n) is 1.96. The first-order valence-corrected chi connectivity index (χ1v) is 5.73. The summed E-state index contributed by atoms with van der Waals surface area (Å²) >= 11 is 1.26. The molecule has 2 aromatic rings. The van der Waals surface area contributed by atoms with E-state index in [9.17, 15) is 0 Å². The lowest BCUT2D eigenvalue weighted by Crippen LogP contribution is -2.12. The summed E-state index contributed by atoms with van der Waals surface area (Å²) < 4.78 is 11.5. The van der Waals surface area contributed by atoms with Crippen LogP contribution in [0.3, 0.4) is 0 Å². The van der Waals surface area contributed by atoms with Gasteiger partial charge in [-0.2, -0.15) is 14.5 Å². The third-order valence-corrected chi connectivity index (χ3v) is 2.56. The number of hydrogen-bond acceptors (Lipinski definition) is 5. The van der Waals surface area contributed by atoms with E-state index < -0.39 is 0 Å². The molecule has 0 radical (unpaired) electrons. The number of aromatic nitrogens is 4. The van der Waals surface area contributed by atoms with Crippen molar-refractivity contribution in [3.8, 4) is 10.9 Å². The smallest absolute Gasteiger partial charge is 0.298 e. The second kappa shape index (κ2) is 3.86. The van der Waals surface area contributed by atoms with E-state index in [4.69, 9.17) is 4.74 Å². The van der Waals surface area contributed by atoms with Crippen LogP contribution in [0.2, 0.25) is 0 Å². The van der Waals surface area contributed by atoms with Crippen LogP contribution in [-0.4, -0.2) is 19.1 Å². The highest BCUT2D eigenvalue weighted by Crippen LogP contribution is 2.27. The molecule has 0 aliphatic heterocycles. The van der Waals surface area contributed by atoms with Gasteiger partial charge in [-0.25, -0.2) is 0 Å². The zero-order valence-corrected chi connectivity index (χ0v) is 10.6. The van der Waals surface area contributed by atoms with Crippen molar-refractivity contribution in [3.63, 3.8) is 0 Å². The first kappa shape index (κ1) is 11.1. The van der Waals surface area contributed by atoms with Gasteiger partial charge in [0, 0.05) is 24.0 Å². The average Bonchev–Trinajstić information content (AvgIpc) is 2.74. The predicted octanol–water partition coefficient (Wildman–Crippen LogP) is 2.36. The standard InChI is InChI=1S/C10H14N4OS/c1-10(2,3)8-12-9(16-13-8)15-7-5-11-14(4)6-7/h5-6H,1-4H3. The first-order chi connectivity index (χ1) is 7.45. The van der Waals surface area contributed by atoms with E-state index in [1.165, 1.54) is 11.5 Å². The monoisotopic (exact) mass is 238 g/mol. The molecule has 0 fully saturated rings. The van der Waals surface area contributed by atoms with Gasteiger partial charge >= 0.3 is 0 Å². The molecule has 0 atom stereocenters. The zero-order valence-electron chi connectivity index (χ0n) is 9.76. The molecule has 0 unspecified atom stereocenters. The summed E-state index contributed by atoms with van der Waals surface area (Å²) in [5, 5.41) is 4.57. The molecule has 0 amide bonds. The highest BCUT2D eigenvalue weighted by Gasteiger charge is 2.20. The van der Waals surface area contributed by atoms with Crippen LogP contribution >= 0.6 is 11.5 Å². The molecule has 2 aromatic heterocycles. The van der Waals surface area contributed by atoms with Crippen molar-refractivity contribution >= 4 is 11.5 Å². The Morgan fingerprint density at radius 3 is 2.62 bits per heavy atom. The van der Waals surface area contributed by atoms with Crippen molar-refractivity contribution < 1.29 is 4.74 Å². The summed E-state index contributed by atoms with van der Waals surface area (Å²) in [6.07, 6.45) is 3.44. The quantitative estimate of drug-likeness (QED) is 0.806. The molecule has 2 rings (SSSR count). The molecule has 16 heavy (non-hydrogen) atoms. The molecule has 6 heteroatoms. The minimum atomic E-state index is -0.0486. The van der Waals surface area contributed by atoms with Crippen molar-refractivity contribution in [2.75, 3.05) is 0 Å². The van der Waals surface area contributed by atoms with E-state index in [1.54, 1.807) is 17.1 Å². The third kappa shape index (κ3) is 2.38. The van der Waals surface area contributed by atoms with Gasteiger partial charge in [-0.15, -0.1) is 0 Å². The van der Waals surface area contributed by atoms with Crippen LogP contribution in [0.1, 0.15) is 26.6 Å². The van der Waals surface area contributed by atoms with Crippen LogP contribution in [0.4, 0.5) is 0 Å². The molecular weight excluding hydrogens is 224 g/mol. The van der Waals surface area contributed by atoms with Gasteiger partial charge in [-0.05, 0) is 0 Å². The summed E-state index contributed by atoms with van der Waals surface area (Å²) in [5.41, 5.74) is -0.0486. The number of nitrogens with zero attached hydrogens (tertiary/aromatic N) is 4. The van der Waals surface area contributed by atoms with Crippen LogP contribution in [0.15, 0.2) is 12.4 Å². The van der Waals surface area contributed by atoms with Crippen LogP contribution in [0.25, 0.3) is 0 Å². The molecule has 0 aliphatic rings. The average molecular weight is 238 g/mol. The molecule has 86 valence electrons.